The van der Waals surface area contributed by atoms with Crippen LogP contribution in [0.25, 0.3) is 0 Å². The third-order valence-electron chi connectivity index (χ3n) is 1.60. The molecule has 1 rings (SSSR count). The fourth-order valence-electron chi connectivity index (χ4n) is 0.821. The Kier molecular flexibility index (Phi) is 3.52. The van der Waals surface area contributed by atoms with Crippen LogP contribution in [-0.4, -0.2) is 24.4 Å². The van der Waals surface area contributed by atoms with Crippen LogP contribution in [0.2, 0.25) is 0 Å². The highest BCUT2D eigenvalue weighted by Gasteiger charge is 2.16. The van der Waals surface area contributed by atoms with Gasteiger partial charge >= 0.3 is 0 Å². The van der Waals surface area contributed by atoms with Crippen LogP contribution in [0.3, 0.4) is 0 Å². The maximum atomic E-state index is 11.3. The van der Waals surface area contributed by atoms with Gasteiger partial charge in [0.15, 0.2) is 0 Å². The van der Waals surface area contributed by atoms with Crippen LogP contribution in [0.1, 0.15) is 5.56 Å². The summed E-state index contributed by atoms with van der Waals surface area (Å²) in [5.41, 5.74) is 0.840. The van der Waals surface area contributed by atoms with Crippen LogP contribution in [0, 0.1) is 0 Å². The number of hydrogen-bond donors (Lipinski definition) is 0. The molecule has 1 aromatic heterocycles. The van der Waals surface area contributed by atoms with Gasteiger partial charge in [-0.25, -0.2) is 8.42 Å². The second-order valence-corrected chi connectivity index (χ2v) is 5.99. The smallest absolute Gasteiger partial charge is 0.224 e. The molecule has 4 nitrogen and oxygen atoms in total. The highest BCUT2D eigenvalue weighted by Crippen LogP contribution is 2.09. The van der Waals surface area contributed by atoms with Gasteiger partial charge in [-0.2, -0.15) is 4.31 Å². The van der Waals surface area contributed by atoms with Gasteiger partial charge in [-0.1, -0.05) is 15.9 Å². The monoisotopic (exact) mass is 267 g/mol. The summed E-state index contributed by atoms with van der Waals surface area (Å²) < 4.78 is 28.6. The Labute approximate surface area is 85.7 Å². The highest BCUT2D eigenvalue weighted by atomic mass is 79.9. The first-order valence-electron chi connectivity index (χ1n) is 3.57. The van der Waals surface area contributed by atoms with Crippen molar-refractivity contribution >= 4 is 26.0 Å². The van der Waals surface area contributed by atoms with Gasteiger partial charge in [0.2, 0.25) is 10.0 Å². The van der Waals surface area contributed by atoms with E-state index >= 15 is 0 Å². The minimum absolute atomic E-state index is 0.0612. The summed E-state index contributed by atoms with van der Waals surface area (Å²) in [5, 5.41) is 0. The fraction of sp³-hybridized carbons (Fsp3) is 0.429. The van der Waals surface area contributed by atoms with Crippen LogP contribution in [0.5, 0.6) is 0 Å². The summed E-state index contributed by atoms with van der Waals surface area (Å²) in [6.45, 7) is 0.338. The number of rotatable bonds is 4. The molecular formula is C7H10BrNO3S. The minimum atomic E-state index is -3.17. The quantitative estimate of drug-likeness (QED) is 0.775. The summed E-state index contributed by atoms with van der Waals surface area (Å²) >= 11 is 2.92. The molecule has 0 aliphatic carbocycles. The third kappa shape index (κ3) is 2.82. The molecule has 0 atom stereocenters. The van der Waals surface area contributed by atoms with E-state index < -0.39 is 10.0 Å². The molecule has 13 heavy (non-hydrogen) atoms. The van der Waals surface area contributed by atoms with Gasteiger partial charge in [0.05, 0.1) is 12.5 Å². The number of alkyl halides is 1. The van der Waals surface area contributed by atoms with Crippen LogP contribution >= 0.6 is 15.9 Å². The minimum Gasteiger partial charge on any atom is -0.472 e. The van der Waals surface area contributed by atoms with Crippen molar-refractivity contribution in [3.63, 3.8) is 0 Å². The zero-order valence-electron chi connectivity index (χ0n) is 7.10. The molecule has 1 heterocycles. The van der Waals surface area contributed by atoms with Crippen molar-refractivity contribution < 1.29 is 12.8 Å². The van der Waals surface area contributed by atoms with Crippen LogP contribution in [-0.2, 0) is 16.6 Å². The summed E-state index contributed by atoms with van der Waals surface area (Å²) in [7, 11) is -1.63. The molecule has 0 spiro atoms. The molecule has 0 radical (unpaired) electrons. The first-order chi connectivity index (χ1) is 6.06. The summed E-state index contributed by atoms with van der Waals surface area (Å²) in [6, 6.07) is 1.74. The summed E-state index contributed by atoms with van der Waals surface area (Å²) in [6.07, 6.45) is 3.05. The van der Waals surface area contributed by atoms with Gasteiger partial charge in [0, 0.05) is 19.2 Å². The van der Waals surface area contributed by atoms with Gasteiger partial charge in [0.25, 0.3) is 0 Å². The molecule has 0 saturated heterocycles. The Hall–Kier alpha value is -0.330. The lowest BCUT2D eigenvalue weighted by molar-refractivity contribution is 0.467. The molecule has 74 valence electrons. The normalized spacial score (nSPS) is 12.2. The number of hydrogen-bond acceptors (Lipinski definition) is 3. The average molecular weight is 268 g/mol. The molecule has 6 heteroatoms. The largest absolute Gasteiger partial charge is 0.472 e. The van der Waals surface area contributed by atoms with Crippen LogP contribution in [0.15, 0.2) is 23.0 Å². The van der Waals surface area contributed by atoms with E-state index in [4.69, 9.17) is 4.42 Å². The molecular weight excluding hydrogens is 258 g/mol. The van der Waals surface area contributed by atoms with E-state index in [-0.39, 0.29) is 4.66 Å². The van der Waals surface area contributed by atoms with Gasteiger partial charge in [-0.3, -0.25) is 0 Å². The molecule has 0 unspecified atom stereocenters. The predicted molar refractivity (Wildman–Crippen MR) is 52.9 cm³/mol. The average Bonchev–Trinajstić information content (AvgIpc) is 2.57. The number of sulfonamides is 1. The zero-order chi connectivity index (χ0) is 9.90. The van der Waals surface area contributed by atoms with E-state index in [1.54, 1.807) is 6.07 Å². The molecule has 0 saturated carbocycles. The van der Waals surface area contributed by atoms with Crippen LogP contribution < -0.4 is 0 Å². The van der Waals surface area contributed by atoms with Crippen molar-refractivity contribution in [3.8, 4) is 0 Å². The van der Waals surface area contributed by atoms with E-state index in [0.717, 1.165) is 5.56 Å². The van der Waals surface area contributed by atoms with E-state index in [0.29, 0.717) is 6.54 Å². The molecule has 0 aliphatic heterocycles. The Morgan fingerprint density at radius 2 is 2.31 bits per heavy atom. The van der Waals surface area contributed by atoms with E-state index in [1.165, 1.54) is 23.9 Å². The Bertz CT molecular complexity index is 346. The maximum absolute atomic E-state index is 11.3. The van der Waals surface area contributed by atoms with Gasteiger partial charge in [-0.05, 0) is 6.07 Å². The Morgan fingerprint density at radius 3 is 2.77 bits per heavy atom. The zero-order valence-corrected chi connectivity index (χ0v) is 9.51. The van der Waals surface area contributed by atoms with E-state index in [1.807, 2.05) is 0 Å². The lowest BCUT2D eigenvalue weighted by atomic mass is 10.3. The first-order valence-corrected chi connectivity index (χ1v) is 6.30. The molecule has 0 bridgehead atoms. The van der Waals surface area contributed by atoms with Gasteiger partial charge in [-0.15, -0.1) is 0 Å². The second-order valence-electron chi connectivity index (χ2n) is 2.61. The lowest BCUT2D eigenvalue weighted by Crippen LogP contribution is -2.26. The molecule has 1 aromatic rings. The van der Waals surface area contributed by atoms with Gasteiger partial charge in [0.1, 0.15) is 4.66 Å². The second kappa shape index (κ2) is 4.26. The van der Waals surface area contributed by atoms with Crippen molar-refractivity contribution in [1.29, 1.82) is 0 Å². The van der Waals surface area contributed by atoms with Crippen LogP contribution in [0.4, 0.5) is 0 Å². The van der Waals surface area contributed by atoms with E-state index in [9.17, 15) is 8.42 Å². The number of halogens is 1. The van der Waals surface area contributed by atoms with Crippen molar-refractivity contribution in [1.82, 2.24) is 4.31 Å². The number of nitrogens with zero attached hydrogens (tertiary/aromatic N) is 1. The molecule has 0 amide bonds. The first kappa shape index (κ1) is 10.7. The fourth-order valence-corrected chi connectivity index (χ4v) is 2.38. The molecule has 0 aromatic carbocycles. The van der Waals surface area contributed by atoms with Crippen molar-refractivity contribution in [2.45, 2.75) is 6.54 Å². The van der Waals surface area contributed by atoms with E-state index in [2.05, 4.69) is 15.9 Å². The topological polar surface area (TPSA) is 50.5 Å². The molecule has 0 N–H and O–H groups in total. The van der Waals surface area contributed by atoms with Crippen molar-refractivity contribution in [2.75, 3.05) is 11.7 Å². The number of furan rings is 1. The Balaban J connectivity index is 2.66. The Morgan fingerprint density at radius 1 is 1.62 bits per heavy atom. The highest BCUT2D eigenvalue weighted by molar-refractivity contribution is 9.10. The SMILES string of the molecule is CN(Cc1ccoc1)S(=O)(=O)CBr. The predicted octanol–water partition coefficient (Wildman–Crippen LogP) is 1.39. The van der Waals surface area contributed by atoms with Crippen molar-refractivity contribution in [2.24, 2.45) is 0 Å². The molecule has 0 aliphatic rings. The van der Waals surface area contributed by atoms with Gasteiger partial charge < -0.3 is 4.42 Å². The summed E-state index contributed by atoms with van der Waals surface area (Å²) in [4.78, 5) is 0. The summed E-state index contributed by atoms with van der Waals surface area (Å²) in [5.74, 6) is 0. The molecule has 0 fully saturated rings. The third-order valence-corrected chi connectivity index (χ3v) is 4.69. The maximum Gasteiger partial charge on any atom is 0.224 e. The van der Waals surface area contributed by atoms with Crippen molar-refractivity contribution in [3.05, 3.63) is 24.2 Å². The standard InChI is InChI=1S/C7H10BrNO3S/c1-9(13(10,11)6-8)4-7-2-3-12-5-7/h2-3,5H,4,6H2,1H3. The lowest BCUT2D eigenvalue weighted by Gasteiger charge is -2.13.